The summed E-state index contributed by atoms with van der Waals surface area (Å²) in [5.41, 5.74) is 2.40. The van der Waals surface area contributed by atoms with E-state index in [-0.39, 0.29) is 5.78 Å². The zero-order valence-corrected chi connectivity index (χ0v) is 14.2. The van der Waals surface area contributed by atoms with Gasteiger partial charge in [-0.1, -0.05) is 15.9 Å². The van der Waals surface area contributed by atoms with Crippen molar-refractivity contribution >= 4 is 44.9 Å². The lowest BCUT2D eigenvalue weighted by atomic mass is 10.1. The molecule has 0 atom stereocenters. The maximum atomic E-state index is 11.9. The molecule has 118 valence electrons. The third-order valence-electron chi connectivity index (χ3n) is 3.19. The molecule has 0 saturated heterocycles. The van der Waals surface area contributed by atoms with Crippen LogP contribution in [-0.2, 0) is 9.59 Å². The molecule has 2 N–H and O–H groups in total. The Hall–Kier alpha value is -2.47. The second-order valence-corrected chi connectivity index (χ2v) is 5.92. The van der Waals surface area contributed by atoms with Crippen molar-refractivity contribution in [3.63, 3.8) is 0 Å². The molecule has 2 aromatic rings. The number of anilines is 2. The highest BCUT2D eigenvalue weighted by Crippen LogP contribution is 2.20. The normalized spacial score (nSPS) is 10.0. The quantitative estimate of drug-likeness (QED) is 0.637. The Balaban J connectivity index is 2.02. The van der Waals surface area contributed by atoms with E-state index in [4.69, 9.17) is 0 Å². The summed E-state index contributed by atoms with van der Waals surface area (Å²) >= 11 is 3.34. The Morgan fingerprint density at radius 1 is 0.913 bits per heavy atom. The van der Waals surface area contributed by atoms with Gasteiger partial charge < -0.3 is 10.6 Å². The third-order valence-corrected chi connectivity index (χ3v) is 3.69. The van der Waals surface area contributed by atoms with Crippen molar-refractivity contribution in [3.8, 4) is 0 Å². The van der Waals surface area contributed by atoms with Crippen molar-refractivity contribution in [2.75, 3.05) is 10.6 Å². The smallest absolute Gasteiger partial charge is 0.314 e. The van der Waals surface area contributed by atoms with Gasteiger partial charge in [0.25, 0.3) is 0 Å². The molecule has 2 aromatic carbocycles. The number of carbonyl (C=O) groups is 3. The molecular weight excluding hydrogens is 360 g/mol. The molecule has 0 unspecified atom stereocenters. The minimum atomic E-state index is -0.775. The molecule has 0 heterocycles. The molecular formula is C17H15BrN2O3. The van der Waals surface area contributed by atoms with Crippen molar-refractivity contribution in [1.29, 1.82) is 0 Å². The SMILES string of the molecule is CC(=O)c1ccc(NC(=O)C(=O)Nc2ccc(Br)cc2C)cc1. The molecule has 6 heteroatoms. The lowest BCUT2D eigenvalue weighted by molar-refractivity contribution is -0.133. The van der Waals surface area contributed by atoms with Crippen LogP contribution in [0.4, 0.5) is 11.4 Å². The Morgan fingerprint density at radius 2 is 1.52 bits per heavy atom. The molecule has 0 fully saturated rings. The fourth-order valence-corrected chi connectivity index (χ4v) is 2.40. The van der Waals surface area contributed by atoms with E-state index in [9.17, 15) is 14.4 Å². The molecule has 23 heavy (non-hydrogen) atoms. The summed E-state index contributed by atoms with van der Waals surface area (Å²) in [6.07, 6.45) is 0. The fraction of sp³-hybridized carbons (Fsp3) is 0.118. The van der Waals surface area contributed by atoms with E-state index in [0.717, 1.165) is 10.0 Å². The number of hydrogen-bond acceptors (Lipinski definition) is 3. The number of nitrogens with one attached hydrogen (secondary N) is 2. The van der Waals surface area contributed by atoms with Crippen molar-refractivity contribution in [1.82, 2.24) is 0 Å². The van der Waals surface area contributed by atoms with Gasteiger partial charge in [-0.15, -0.1) is 0 Å². The number of benzene rings is 2. The first-order valence-corrected chi connectivity index (χ1v) is 7.65. The monoisotopic (exact) mass is 374 g/mol. The first-order chi connectivity index (χ1) is 10.9. The summed E-state index contributed by atoms with van der Waals surface area (Å²) in [7, 11) is 0. The fourth-order valence-electron chi connectivity index (χ4n) is 1.92. The number of aryl methyl sites for hydroxylation is 1. The minimum Gasteiger partial charge on any atom is -0.318 e. The second kappa shape index (κ2) is 7.19. The summed E-state index contributed by atoms with van der Waals surface area (Å²) in [6.45, 7) is 3.29. The summed E-state index contributed by atoms with van der Waals surface area (Å²) < 4.78 is 0.892. The van der Waals surface area contributed by atoms with Crippen molar-refractivity contribution < 1.29 is 14.4 Å². The summed E-state index contributed by atoms with van der Waals surface area (Å²) in [5.74, 6) is -1.60. The lowest BCUT2D eigenvalue weighted by Gasteiger charge is -2.09. The summed E-state index contributed by atoms with van der Waals surface area (Å²) in [4.78, 5) is 35.0. The second-order valence-electron chi connectivity index (χ2n) is 5.00. The molecule has 2 rings (SSSR count). The molecule has 0 bridgehead atoms. The Labute approximate surface area is 142 Å². The van der Waals surface area contributed by atoms with Gasteiger partial charge in [0.2, 0.25) is 0 Å². The van der Waals surface area contributed by atoms with Gasteiger partial charge >= 0.3 is 11.8 Å². The first-order valence-electron chi connectivity index (χ1n) is 6.86. The molecule has 0 saturated carbocycles. The van der Waals surface area contributed by atoms with Crippen LogP contribution in [-0.4, -0.2) is 17.6 Å². The zero-order chi connectivity index (χ0) is 17.0. The molecule has 0 aliphatic rings. The maximum Gasteiger partial charge on any atom is 0.314 e. The standard InChI is InChI=1S/C17H15BrN2O3/c1-10-9-13(18)5-8-15(10)20-17(23)16(22)19-14-6-3-12(4-7-14)11(2)21/h3-9H,1-2H3,(H,19,22)(H,20,23). The molecule has 0 aromatic heterocycles. The predicted octanol–water partition coefficient (Wildman–Crippen LogP) is 3.54. The number of hydrogen-bond donors (Lipinski definition) is 2. The predicted molar refractivity (Wildman–Crippen MR) is 92.6 cm³/mol. The molecule has 0 aliphatic carbocycles. The van der Waals surface area contributed by atoms with Gasteiger partial charge in [0.05, 0.1) is 0 Å². The first kappa shape index (κ1) is 16.9. The number of Topliss-reactive ketones (excluding diaryl/α,β-unsaturated/α-hetero) is 1. The highest BCUT2D eigenvalue weighted by molar-refractivity contribution is 9.10. The third kappa shape index (κ3) is 4.50. The van der Waals surface area contributed by atoms with Gasteiger partial charge in [0.15, 0.2) is 5.78 Å². The average Bonchev–Trinajstić information content (AvgIpc) is 2.50. The van der Waals surface area contributed by atoms with Crippen LogP contribution in [0, 0.1) is 6.92 Å². The van der Waals surface area contributed by atoms with E-state index in [1.807, 2.05) is 13.0 Å². The van der Waals surface area contributed by atoms with Crippen LogP contribution in [0.15, 0.2) is 46.9 Å². The number of ketones is 1. The number of amides is 2. The summed E-state index contributed by atoms with van der Waals surface area (Å²) in [6, 6.07) is 11.7. The van der Waals surface area contributed by atoms with E-state index >= 15 is 0 Å². The number of rotatable bonds is 3. The van der Waals surface area contributed by atoms with Crippen molar-refractivity contribution in [2.24, 2.45) is 0 Å². The van der Waals surface area contributed by atoms with Crippen molar-refractivity contribution in [2.45, 2.75) is 13.8 Å². The van der Waals surface area contributed by atoms with E-state index < -0.39 is 11.8 Å². The van der Waals surface area contributed by atoms with Crippen LogP contribution in [0.3, 0.4) is 0 Å². The highest BCUT2D eigenvalue weighted by atomic mass is 79.9. The molecule has 0 aliphatic heterocycles. The molecule has 0 radical (unpaired) electrons. The van der Waals surface area contributed by atoms with Gasteiger partial charge in [-0.25, -0.2) is 0 Å². The molecule has 2 amide bonds. The van der Waals surface area contributed by atoms with Gasteiger partial charge in [0, 0.05) is 21.4 Å². The zero-order valence-electron chi connectivity index (χ0n) is 12.6. The van der Waals surface area contributed by atoms with Crippen LogP contribution >= 0.6 is 15.9 Å². The van der Waals surface area contributed by atoms with Gasteiger partial charge in [-0.05, 0) is 61.9 Å². The Bertz CT molecular complexity index is 770. The van der Waals surface area contributed by atoms with Gasteiger partial charge in [-0.3, -0.25) is 14.4 Å². The largest absolute Gasteiger partial charge is 0.318 e. The minimum absolute atomic E-state index is 0.0636. The molecule has 0 spiro atoms. The Kier molecular flexibility index (Phi) is 5.28. The van der Waals surface area contributed by atoms with Crippen LogP contribution in [0.25, 0.3) is 0 Å². The number of carbonyl (C=O) groups excluding carboxylic acids is 3. The Morgan fingerprint density at radius 3 is 2.09 bits per heavy atom. The maximum absolute atomic E-state index is 11.9. The van der Waals surface area contributed by atoms with Crippen LogP contribution in [0.5, 0.6) is 0 Å². The van der Waals surface area contributed by atoms with Crippen LogP contribution in [0.1, 0.15) is 22.8 Å². The van der Waals surface area contributed by atoms with Gasteiger partial charge in [0.1, 0.15) is 0 Å². The highest BCUT2D eigenvalue weighted by Gasteiger charge is 2.15. The topological polar surface area (TPSA) is 75.3 Å². The summed E-state index contributed by atoms with van der Waals surface area (Å²) in [5, 5.41) is 5.05. The molecule has 5 nitrogen and oxygen atoms in total. The van der Waals surface area contributed by atoms with E-state index in [1.54, 1.807) is 36.4 Å². The number of halogens is 1. The van der Waals surface area contributed by atoms with Gasteiger partial charge in [-0.2, -0.15) is 0 Å². The lowest BCUT2D eigenvalue weighted by Crippen LogP contribution is -2.29. The van der Waals surface area contributed by atoms with E-state index in [2.05, 4.69) is 26.6 Å². The van der Waals surface area contributed by atoms with Crippen LogP contribution in [0.2, 0.25) is 0 Å². The van der Waals surface area contributed by atoms with E-state index in [1.165, 1.54) is 6.92 Å². The van der Waals surface area contributed by atoms with Crippen LogP contribution < -0.4 is 10.6 Å². The van der Waals surface area contributed by atoms with E-state index in [0.29, 0.717) is 16.9 Å². The van der Waals surface area contributed by atoms with Crippen molar-refractivity contribution in [3.05, 3.63) is 58.1 Å². The average molecular weight is 375 g/mol.